The normalized spacial score (nSPS) is 22.2. The molecule has 1 aliphatic heterocycles. The molecule has 2 aliphatic rings. The highest BCUT2D eigenvalue weighted by molar-refractivity contribution is 5.94. The molecule has 0 radical (unpaired) electrons. The first-order valence-corrected chi connectivity index (χ1v) is 9.78. The second-order valence-electron chi connectivity index (χ2n) is 8.51. The summed E-state index contributed by atoms with van der Waals surface area (Å²) in [7, 11) is 0. The molecule has 0 aromatic heterocycles. The number of piperidine rings is 1. The minimum absolute atomic E-state index is 0. The Labute approximate surface area is 168 Å². The number of halogens is 1. The fraction of sp³-hybridized carbons (Fsp3) is 0.619. The van der Waals surface area contributed by atoms with E-state index in [4.69, 9.17) is 5.73 Å². The van der Waals surface area contributed by atoms with Crippen molar-refractivity contribution < 1.29 is 9.59 Å². The fourth-order valence-electron chi connectivity index (χ4n) is 4.02. The van der Waals surface area contributed by atoms with E-state index in [1.165, 1.54) is 0 Å². The number of carbonyl (C=O) groups is 2. The molecule has 27 heavy (non-hydrogen) atoms. The summed E-state index contributed by atoms with van der Waals surface area (Å²) in [5.74, 6) is 0.408. The minimum Gasteiger partial charge on any atom is -0.352 e. The van der Waals surface area contributed by atoms with Gasteiger partial charge in [0.2, 0.25) is 5.91 Å². The second kappa shape index (κ2) is 9.07. The van der Waals surface area contributed by atoms with Crippen molar-refractivity contribution in [3.05, 3.63) is 35.4 Å². The molecule has 1 saturated carbocycles. The third-order valence-electron chi connectivity index (χ3n) is 5.99. The number of rotatable bonds is 4. The van der Waals surface area contributed by atoms with E-state index in [9.17, 15) is 9.59 Å². The van der Waals surface area contributed by atoms with E-state index in [0.29, 0.717) is 25.2 Å². The van der Waals surface area contributed by atoms with Crippen molar-refractivity contribution in [3.63, 3.8) is 0 Å². The predicted octanol–water partition coefficient (Wildman–Crippen LogP) is 3.11. The third-order valence-corrected chi connectivity index (χ3v) is 5.99. The van der Waals surface area contributed by atoms with Crippen molar-refractivity contribution in [1.82, 2.24) is 10.2 Å². The summed E-state index contributed by atoms with van der Waals surface area (Å²) in [4.78, 5) is 26.8. The quantitative estimate of drug-likeness (QED) is 0.825. The monoisotopic (exact) mass is 393 g/mol. The van der Waals surface area contributed by atoms with Gasteiger partial charge < -0.3 is 16.0 Å². The zero-order valence-electron chi connectivity index (χ0n) is 16.4. The highest BCUT2D eigenvalue weighted by Crippen LogP contribution is 2.28. The zero-order chi connectivity index (χ0) is 18.7. The van der Waals surface area contributed by atoms with Gasteiger partial charge in [-0.1, -0.05) is 38.8 Å². The number of nitrogens with zero attached hydrogens (tertiary/aromatic N) is 1. The van der Waals surface area contributed by atoms with Crippen LogP contribution in [0, 0.1) is 11.3 Å². The van der Waals surface area contributed by atoms with E-state index in [1.807, 2.05) is 29.2 Å². The van der Waals surface area contributed by atoms with Crippen molar-refractivity contribution in [2.75, 3.05) is 13.1 Å². The molecular weight excluding hydrogens is 362 g/mol. The first kappa shape index (κ1) is 21.7. The Balaban J connectivity index is 0.00000261. The van der Waals surface area contributed by atoms with Crippen molar-refractivity contribution in [1.29, 1.82) is 0 Å². The summed E-state index contributed by atoms with van der Waals surface area (Å²) in [5.41, 5.74) is 7.83. The van der Waals surface area contributed by atoms with Gasteiger partial charge in [-0.3, -0.25) is 9.59 Å². The predicted molar refractivity (Wildman–Crippen MR) is 110 cm³/mol. The number of nitrogens with two attached hydrogens (primary N) is 1. The summed E-state index contributed by atoms with van der Waals surface area (Å²) in [5, 5.41) is 3.02. The molecule has 1 aliphatic carbocycles. The SMILES string of the molecule is CC1(C)CN(C(=O)c2ccc(CNC(=O)C3CCCC3)cc2)CCC1N.Cl. The van der Waals surface area contributed by atoms with Gasteiger partial charge in [0.05, 0.1) is 0 Å². The van der Waals surface area contributed by atoms with Crippen LogP contribution in [0.3, 0.4) is 0 Å². The Morgan fingerprint density at radius 3 is 2.37 bits per heavy atom. The van der Waals surface area contributed by atoms with E-state index < -0.39 is 0 Å². The number of amides is 2. The summed E-state index contributed by atoms with van der Waals surface area (Å²) in [6.45, 7) is 6.16. The highest BCUT2D eigenvalue weighted by Gasteiger charge is 2.35. The number of benzene rings is 1. The number of hydrogen-bond donors (Lipinski definition) is 2. The van der Waals surface area contributed by atoms with Gasteiger partial charge in [0, 0.05) is 37.2 Å². The van der Waals surface area contributed by atoms with Gasteiger partial charge in [0.15, 0.2) is 0 Å². The standard InChI is InChI=1S/C21H31N3O2.ClH/c1-21(2)14-24(12-11-18(21)22)20(26)17-9-7-15(8-10-17)13-23-19(25)16-5-3-4-6-16;/h7-10,16,18H,3-6,11-14,22H2,1-2H3,(H,23,25);1H. The lowest BCUT2D eigenvalue weighted by molar-refractivity contribution is -0.124. The smallest absolute Gasteiger partial charge is 0.253 e. The largest absolute Gasteiger partial charge is 0.352 e. The highest BCUT2D eigenvalue weighted by atomic mass is 35.5. The minimum atomic E-state index is -0.0572. The topological polar surface area (TPSA) is 75.4 Å². The Morgan fingerprint density at radius 1 is 1.15 bits per heavy atom. The lowest BCUT2D eigenvalue weighted by Gasteiger charge is -2.42. The Hall–Kier alpha value is -1.59. The molecule has 3 rings (SSSR count). The molecule has 1 aromatic rings. The summed E-state index contributed by atoms with van der Waals surface area (Å²) in [6, 6.07) is 7.73. The first-order valence-electron chi connectivity index (χ1n) is 9.78. The van der Waals surface area contributed by atoms with Crippen LogP contribution >= 0.6 is 12.4 Å². The molecule has 0 bridgehead atoms. The van der Waals surface area contributed by atoms with Crippen LogP contribution in [0.4, 0.5) is 0 Å². The molecule has 1 unspecified atom stereocenters. The maximum absolute atomic E-state index is 12.8. The third kappa shape index (κ3) is 5.23. The number of hydrogen-bond acceptors (Lipinski definition) is 3. The van der Waals surface area contributed by atoms with Crippen molar-refractivity contribution in [2.45, 2.75) is 58.5 Å². The fourth-order valence-corrected chi connectivity index (χ4v) is 4.02. The molecule has 2 fully saturated rings. The molecule has 1 saturated heterocycles. The van der Waals surface area contributed by atoms with Crippen molar-refractivity contribution in [3.8, 4) is 0 Å². The molecule has 150 valence electrons. The Bertz CT molecular complexity index is 654. The van der Waals surface area contributed by atoms with E-state index in [2.05, 4.69) is 19.2 Å². The molecule has 0 spiro atoms. The van der Waals surface area contributed by atoms with Gasteiger partial charge in [0.1, 0.15) is 0 Å². The summed E-state index contributed by atoms with van der Waals surface area (Å²) >= 11 is 0. The maximum atomic E-state index is 12.8. The van der Waals surface area contributed by atoms with Crippen LogP contribution in [0.5, 0.6) is 0 Å². The summed E-state index contributed by atoms with van der Waals surface area (Å²) < 4.78 is 0. The molecular formula is C21H32ClN3O2. The molecule has 1 aromatic carbocycles. The molecule has 5 nitrogen and oxygen atoms in total. The number of carbonyl (C=O) groups excluding carboxylic acids is 2. The Kier molecular flexibility index (Phi) is 7.29. The van der Waals surface area contributed by atoms with Crippen LogP contribution in [0.15, 0.2) is 24.3 Å². The van der Waals surface area contributed by atoms with Gasteiger partial charge in [-0.15, -0.1) is 12.4 Å². The lowest BCUT2D eigenvalue weighted by atomic mass is 9.79. The van der Waals surface area contributed by atoms with Gasteiger partial charge >= 0.3 is 0 Å². The first-order chi connectivity index (χ1) is 12.4. The maximum Gasteiger partial charge on any atom is 0.253 e. The van der Waals surface area contributed by atoms with E-state index >= 15 is 0 Å². The average Bonchev–Trinajstić information content (AvgIpc) is 3.16. The Morgan fingerprint density at radius 2 is 1.78 bits per heavy atom. The molecule has 1 heterocycles. The van der Waals surface area contributed by atoms with Crippen LogP contribution in [0.25, 0.3) is 0 Å². The number of likely N-dealkylation sites (tertiary alicyclic amines) is 1. The van der Waals surface area contributed by atoms with Crippen LogP contribution in [-0.2, 0) is 11.3 Å². The molecule has 6 heteroatoms. The van der Waals surface area contributed by atoms with Crippen molar-refractivity contribution in [2.24, 2.45) is 17.1 Å². The van der Waals surface area contributed by atoms with Gasteiger partial charge in [-0.05, 0) is 42.4 Å². The van der Waals surface area contributed by atoms with Crippen LogP contribution in [-0.4, -0.2) is 35.8 Å². The van der Waals surface area contributed by atoms with Crippen LogP contribution < -0.4 is 11.1 Å². The van der Waals surface area contributed by atoms with E-state index in [-0.39, 0.29) is 41.6 Å². The van der Waals surface area contributed by atoms with Gasteiger partial charge in [-0.2, -0.15) is 0 Å². The zero-order valence-corrected chi connectivity index (χ0v) is 17.2. The second-order valence-corrected chi connectivity index (χ2v) is 8.51. The van der Waals surface area contributed by atoms with Crippen LogP contribution in [0.2, 0.25) is 0 Å². The van der Waals surface area contributed by atoms with Crippen molar-refractivity contribution >= 4 is 24.2 Å². The van der Waals surface area contributed by atoms with E-state index in [0.717, 1.165) is 37.7 Å². The lowest BCUT2D eigenvalue weighted by Crippen LogP contribution is -2.53. The van der Waals surface area contributed by atoms with Gasteiger partial charge in [-0.25, -0.2) is 0 Å². The molecule has 1 atom stereocenters. The molecule has 2 amide bonds. The van der Waals surface area contributed by atoms with E-state index in [1.54, 1.807) is 0 Å². The average molecular weight is 394 g/mol. The van der Waals surface area contributed by atoms with Gasteiger partial charge in [0.25, 0.3) is 5.91 Å². The number of nitrogens with one attached hydrogen (secondary N) is 1. The van der Waals surface area contributed by atoms with Crippen LogP contribution in [0.1, 0.15) is 61.9 Å². The molecule has 3 N–H and O–H groups in total. The summed E-state index contributed by atoms with van der Waals surface area (Å²) in [6.07, 6.45) is 5.18.